The van der Waals surface area contributed by atoms with Crippen molar-refractivity contribution < 1.29 is 14.3 Å². The van der Waals surface area contributed by atoms with E-state index in [1.807, 2.05) is 0 Å². The Morgan fingerprint density at radius 2 is 2.11 bits per heavy atom. The minimum Gasteiger partial charge on any atom is -0.467 e. The van der Waals surface area contributed by atoms with Crippen molar-refractivity contribution in [3.8, 4) is 0 Å². The first-order valence-electron chi connectivity index (χ1n) is 5.27. The van der Waals surface area contributed by atoms with Gasteiger partial charge in [-0.1, -0.05) is 0 Å². The summed E-state index contributed by atoms with van der Waals surface area (Å²) in [5.74, 6) is 0.0357. The number of carbonyl (C=O) groups is 1. The van der Waals surface area contributed by atoms with Crippen molar-refractivity contribution in [2.24, 2.45) is 0 Å². The Balaban J connectivity index is 2.95. The normalized spacial score (nSPS) is 12.9. The van der Waals surface area contributed by atoms with E-state index in [4.69, 9.17) is 9.47 Å². The van der Waals surface area contributed by atoms with Crippen LogP contribution in [0.25, 0.3) is 0 Å². The first-order chi connectivity index (χ1) is 8.40. The molecule has 7 heteroatoms. The van der Waals surface area contributed by atoms with Gasteiger partial charge in [-0.25, -0.2) is 9.78 Å². The number of rotatable bonds is 5. The number of ether oxygens (including phenoxy) is 2. The number of methoxy groups -OCH3 is 2. The van der Waals surface area contributed by atoms with Gasteiger partial charge in [-0.15, -0.1) is 0 Å². The molecule has 0 fully saturated rings. The molecule has 0 aliphatic rings. The van der Waals surface area contributed by atoms with Gasteiger partial charge >= 0.3 is 5.97 Å². The van der Waals surface area contributed by atoms with Crippen LogP contribution in [0, 0.1) is 0 Å². The summed E-state index contributed by atoms with van der Waals surface area (Å²) in [5.41, 5.74) is -0.739. The van der Waals surface area contributed by atoms with E-state index in [0.29, 0.717) is 10.4 Å². The Labute approximate surface area is 114 Å². The molecule has 1 aromatic heterocycles. The number of carbonyl (C=O) groups excluding carboxylic acids is 1. The predicted octanol–water partition coefficient (Wildman–Crippen LogP) is 1.62. The summed E-state index contributed by atoms with van der Waals surface area (Å²) < 4.78 is 10.6. The van der Waals surface area contributed by atoms with E-state index in [9.17, 15) is 4.79 Å². The van der Waals surface area contributed by atoms with Gasteiger partial charge in [0.15, 0.2) is 6.04 Å². The first kappa shape index (κ1) is 14.8. The third-order valence-electron chi connectivity index (χ3n) is 2.56. The molecule has 1 unspecified atom stereocenters. The minimum absolute atomic E-state index is 0.427. The lowest BCUT2D eigenvalue weighted by atomic mass is 9.98. The van der Waals surface area contributed by atoms with Gasteiger partial charge < -0.3 is 14.8 Å². The lowest BCUT2D eigenvalue weighted by Gasteiger charge is -2.31. The molecule has 6 nitrogen and oxygen atoms in total. The van der Waals surface area contributed by atoms with Crippen LogP contribution in [-0.4, -0.2) is 41.8 Å². The summed E-state index contributed by atoms with van der Waals surface area (Å²) in [7, 11) is 2.86. The minimum atomic E-state index is -0.739. The van der Waals surface area contributed by atoms with Crippen LogP contribution in [-0.2, 0) is 14.3 Å². The molecule has 0 bridgehead atoms. The van der Waals surface area contributed by atoms with Crippen LogP contribution in [0.4, 0.5) is 5.82 Å². The van der Waals surface area contributed by atoms with Crippen LogP contribution in [0.3, 0.4) is 0 Å². The molecule has 1 atom stereocenters. The lowest BCUT2D eigenvalue weighted by molar-refractivity contribution is -0.147. The highest BCUT2D eigenvalue weighted by Crippen LogP contribution is 2.19. The second-order valence-corrected chi connectivity index (χ2v) is 4.95. The molecule has 0 aromatic carbocycles. The zero-order valence-electron chi connectivity index (χ0n) is 10.7. The van der Waals surface area contributed by atoms with Crippen molar-refractivity contribution in [2.75, 3.05) is 19.5 Å². The molecule has 0 aliphatic carbocycles. The summed E-state index contributed by atoms with van der Waals surface area (Å²) in [6, 6.07) is -0.684. The monoisotopic (exact) mass is 317 g/mol. The standard InChI is InChI=1S/C11H16BrN3O3/c1-11(2,18-4)9(10(16)17-3)15-8-6-13-5-7(12)14-8/h5-6,9H,1-4H3,(H,14,15). The third kappa shape index (κ3) is 3.64. The van der Waals surface area contributed by atoms with Crippen LogP contribution >= 0.6 is 15.9 Å². The van der Waals surface area contributed by atoms with Crippen molar-refractivity contribution in [1.29, 1.82) is 0 Å². The second-order valence-electron chi connectivity index (χ2n) is 4.14. The van der Waals surface area contributed by atoms with Gasteiger partial charge in [-0.2, -0.15) is 0 Å². The average molecular weight is 318 g/mol. The smallest absolute Gasteiger partial charge is 0.331 e. The summed E-state index contributed by atoms with van der Waals surface area (Å²) in [6.45, 7) is 3.57. The fourth-order valence-electron chi connectivity index (χ4n) is 1.31. The quantitative estimate of drug-likeness (QED) is 0.832. The van der Waals surface area contributed by atoms with Crippen molar-refractivity contribution in [1.82, 2.24) is 9.97 Å². The van der Waals surface area contributed by atoms with Crippen molar-refractivity contribution >= 4 is 27.7 Å². The Kier molecular flexibility index (Phi) is 5.03. The fraction of sp³-hybridized carbons (Fsp3) is 0.545. The van der Waals surface area contributed by atoms with Gasteiger partial charge in [0.1, 0.15) is 10.4 Å². The molecule has 1 heterocycles. The van der Waals surface area contributed by atoms with E-state index in [-0.39, 0.29) is 0 Å². The number of anilines is 1. The Morgan fingerprint density at radius 3 is 2.61 bits per heavy atom. The van der Waals surface area contributed by atoms with E-state index >= 15 is 0 Å². The predicted molar refractivity (Wildman–Crippen MR) is 70.2 cm³/mol. The van der Waals surface area contributed by atoms with Crippen molar-refractivity contribution in [2.45, 2.75) is 25.5 Å². The van der Waals surface area contributed by atoms with Gasteiger partial charge in [-0.05, 0) is 29.8 Å². The highest BCUT2D eigenvalue weighted by atomic mass is 79.9. The maximum atomic E-state index is 11.8. The third-order valence-corrected chi connectivity index (χ3v) is 2.94. The number of hydrogen-bond acceptors (Lipinski definition) is 6. The molecule has 100 valence electrons. The zero-order valence-corrected chi connectivity index (χ0v) is 12.3. The SMILES string of the molecule is COC(=O)C(Nc1cncc(Br)n1)C(C)(C)OC. The highest BCUT2D eigenvalue weighted by Gasteiger charge is 2.36. The molecule has 0 saturated heterocycles. The van der Waals surface area contributed by atoms with E-state index in [1.54, 1.807) is 20.0 Å². The number of hydrogen-bond donors (Lipinski definition) is 1. The van der Waals surface area contributed by atoms with Crippen molar-refractivity contribution in [3.63, 3.8) is 0 Å². The molecular weight excluding hydrogens is 302 g/mol. The average Bonchev–Trinajstić information content (AvgIpc) is 2.35. The molecule has 0 amide bonds. The van der Waals surface area contributed by atoms with Crippen LogP contribution in [0.5, 0.6) is 0 Å². The molecule has 1 aromatic rings. The van der Waals surface area contributed by atoms with E-state index in [0.717, 1.165) is 0 Å². The molecule has 1 N–H and O–H groups in total. The first-order valence-corrected chi connectivity index (χ1v) is 6.07. The number of nitrogens with zero attached hydrogens (tertiary/aromatic N) is 2. The largest absolute Gasteiger partial charge is 0.467 e. The maximum absolute atomic E-state index is 11.8. The van der Waals surface area contributed by atoms with Gasteiger partial charge in [0.2, 0.25) is 0 Å². The number of nitrogens with one attached hydrogen (secondary N) is 1. The van der Waals surface area contributed by atoms with Crippen molar-refractivity contribution in [3.05, 3.63) is 17.0 Å². The van der Waals surface area contributed by atoms with Gasteiger partial charge in [0, 0.05) is 7.11 Å². The molecule has 0 saturated carbocycles. The Bertz CT molecular complexity index is 426. The highest BCUT2D eigenvalue weighted by molar-refractivity contribution is 9.10. The molecule has 0 spiro atoms. The second kappa shape index (κ2) is 6.10. The number of halogens is 1. The summed E-state index contributed by atoms with van der Waals surface area (Å²) in [6.07, 6.45) is 3.08. The molecule has 18 heavy (non-hydrogen) atoms. The van der Waals surface area contributed by atoms with E-state index in [2.05, 4.69) is 31.2 Å². The van der Waals surface area contributed by atoms with Crippen LogP contribution in [0.15, 0.2) is 17.0 Å². The molecule has 1 rings (SSSR count). The molecule has 0 aliphatic heterocycles. The summed E-state index contributed by atoms with van der Waals surface area (Å²) in [5, 5.41) is 2.96. The molecular formula is C11H16BrN3O3. The van der Waals surface area contributed by atoms with E-state index in [1.165, 1.54) is 20.4 Å². The zero-order chi connectivity index (χ0) is 13.8. The number of esters is 1. The van der Waals surface area contributed by atoms with Crippen LogP contribution in [0.2, 0.25) is 0 Å². The fourth-order valence-corrected chi connectivity index (χ4v) is 1.62. The van der Waals surface area contributed by atoms with Crippen LogP contribution in [0.1, 0.15) is 13.8 Å². The van der Waals surface area contributed by atoms with Gasteiger partial charge in [-0.3, -0.25) is 4.98 Å². The topological polar surface area (TPSA) is 73.3 Å². The number of aromatic nitrogens is 2. The lowest BCUT2D eigenvalue weighted by Crippen LogP contribution is -2.49. The summed E-state index contributed by atoms with van der Waals surface area (Å²) >= 11 is 3.21. The van der Waals surface area contributed by atoms with E-state index < -0.39 is 17.6 Å². The maximum Gasteiger partial charge on any atom is 0.331 e. The van der Waals surface area contributed by atoms with Crippen LogP contribution < -0.4 is 5.32 Å². The summed E-state index contributed by atoms with van der Waals surface area (Å²) in [4.78, 5) is 19.9. The Morgan fingerprint density at radius 1 is 1.44 bits per heavy atom. The Hall–Kier alpha value is -1.21. The molecule has 0 radical (unpaired) electrons. The van der Waals surface area contributed by atoms with Gasteiger partial charge in [0.05, 0.1) is 25.1 Å². The van der Waals surface area contributed by atoms with Gasteiger partial charge in [0.25, 0.3) is 0 Å².